The van der Waals surface area contributed by atoms with Crippen LogP contribution in [0.15, 0.2) is 66.7 Å². The lowest BCUT2D eigenvalue weighted by Gasteiger charge is -2.10. The standard InChI is InChI=1S/C21H13NO4/c23-20(24)17-11-19(21(25)26)22-18-9-8-13(10-16(17)18)15-7-3-5-12-4-1-2-6-14(12)15/h1-11H,(H,23,24)(H,25,26). The SMILES string of the molecule is O=C(O)c1cc(C(=O)O)c2cc(-c3cccc4ccccc34)ccc2n1. The van der Waals surface area contributed by atoms with Gasteiger partial charge in [0.2, 0.25) is 0 Å². The van der Waals surface area contributed by atoms with Gasteiger partial charge in [-0.05, 0) is 40.1 Å². The van der Waals surface area contributed by atoms with E-state index in [0.29, 0.717) is 10.9 Å². The molecule has 0 fully saturated rings. The Morgan fingerprint density at radius 1 is 0.769 bits per heavy atom. The van der Waals surface area contributed by atoms with Crippen LogP contribution in [0.25, 0.3) is 32.8 Å². The van der Waals surface area contributed by atoms with E-state index >= 15 is 0 Å². The van der Waals surface area contributed by atoms with Crippen LogP contribution in [0.4, 0.5) is 0 Å². The van der Waals surface area contributed by atoms with Gasteiger partial charge in [-0.25, -0.2) is 14.6 Å². The molecule has 0 aliphatic heterocycles. The second-order valence-electron chi connectivity index (χ2n) is 5.92. The van der Waals surface area contributed by atoms with Gasteiger partial charge in [-0.2, -0.15) is 0 Å². The highest BCUT2D eigenvalue weighted by Gasteiger charge is 2.16. The molecule has 0 amide bonds. The number of carboxylic acid groups (broad SMARTS) is 2. The number of fused-ring (bicyclic) bond motifs is 2. The summed E-state index contributed by atoms with van der Waals surface area (Å²) in [4.78, 5) is 26.9. The van der Waals surface area contributed by atoms with Crippen LogP contribution in [-0.4, -0.2) is 27.1 Å². The van der Waals surface area contributed by atoms with Crippen molar-refractivity contribution < 1.29 is 19.8 Å². The molecule has 2 N–H and O–H groups in total. The van der Waals surface area contributed by atoms with Crippen molar-refractivity contribution in [2.45, 2.75) is 0 Å². The fourth-order valence-electron chi connectivity index (χ4n) is 3.16. The molecular weight excluding hydrogens is 330 g/mol. The zero-order valence-corrected chi connectivity index (χ0v) is 13.5. The van der Waals surface area contributed by atoms with Gasteiger partial charge in [-0.15, -0.1) is 0 Å². The second-order valence-corrected chi connectivity index (χ2v) is 5.92. The predicted molar refractivity (Wildman–Crippen MR) is 98.6 cm³/mol. The molecule has 0 unspecified atom stereocenters. The quantitative estimate of drug-likeness (QED) is 0.574. The molecule has 5 heteroatoms. The molecule has 26 heavy (non-hydrogen) atoms. The summed E-state index contributed by atoms with van der Waals surface area (Å²) in [6, 6.07) is 20.2. The molecule has 0 spiro atoms. The summed E-state index contributed by atoms with van der Waals surface area (Å²) in [5.74, 6) is -2.44. The maximum atomic E-state index is 11.6. The number of rotatable bonds is 3. The van der Waals surface area contributed by atoms with E-state index in [9.17, 15) is 14.7 Å². The first-order valence-corrected chi connectivity index (χ1v) is 7.94. The van der Waals surface area contributed by atoms with Crippen LogP contribution in [0.2, 0.25) is 0 Å². The molecule has 0 aliphatic carbocycles. The monoisotopic (exact) mass is 343 g/mol. The van der Waals surface area contributed by atoms with Crippen LogP contribution in [0.5, 0.6) is 0 Å². The lowest BCUT2D eigenvalue weighted by atomic mass is 9.96. The molecule has 1 heterocycles. The van der Waals surface area contributed by atoms with Gasteiger partial charge in [0.1, 0.15) is 5.69 Å². The van der Waals surface area contributed by atoms with Gasteiger partial charge in [0.05, 0.1) is 11.1 Å². The predicted octanol–water partition coefficient (Wildman–Crippen LogP) is 4.45. The number of nitrogens with zero attached hydrogens (tertiary/aromatic N) is 1. The van der Waals surface area contributed by atoms with Crippen LogP contribution >= 0.6 is 0 Å². The van der Waals surface area contributed by atoms with Crippen LogP contribution in [0.1, 0.15) is 20.8 Å². The molecule has 4 rings (SSSR count). The van der Waals surface area contributed by atoms with Crippen LogP contribution < -0.4 is 0 Å². The number of carbonyl (C=O) groups is 2. The number of carboxylic acids is 2. The third-order valence-corrected chi connectivity index (χ3v) is 4.36. The number of hydrogen-bond acceptors (Lipinski definition) is 3. The smallest absolute Gasteiger partial charge is 0.354 e. The summed E-state index contributed by atoms with van der Waals surface area (Å²) in [5, 5.41) is 21.2. The van der Waals surface area contributed by atoms with Gasteiger partial charge in [0, 0.05) is 5.39 Å². The van der Waals surface area contributed by atoms with Gasteiger partial charge in [-0.1, -0.05) is 48.5 Å². The van der Waals surface area contributed by atoms with Crippen LogP contribution in [0.3, 0.4) is 0 Å². The van der Waals surface area contributed by atoms with Crippen molar-refractivity contribution in [1.82, 2.24) is 4.98 Å². The van der Waals surface area contributed by atoms with E-state index in [1.807, 2.05) is 48.5 Å². The third kappa shape index (κ3) is 2.56. The molecule has 0 saturated carbocycles. The minimum atomic E-state index is -1.26. The lowest BCUT2D eigenvalue weighted by Crippen LogP contribution is -2.06. The van der Waals surface area contributed by atoms with E-state index in [1.165, 1.54) is 0 Å². The van der Waals surface area contributed by atoms with E-state index in [4.69, 9.17) is 5.11 Å². The fourth-order valence-corrected chi connectivity index (χ4v) is 3.16. The van der Waals surface area contributed by atoms with Gasteiger partial charge >= 0.3 is 11.9 Å². The van der Waals surface area contributed by atoms with E-state index < -0.39 is 11.9 Å². The van der Waals surface area contributed by atoms with Crippen molar-refractivity contribution in [3.63, 3.8) is 0 Å². The van der Waals surface area contributed by atoms with Gasteiger partial charge in [-0.3, -0.25) is 0 Å². The summed E-state index contributed by atoms with van der Waals surface area (Å²) in [6.45, 7) is 0. The molecule has 3 aromatic carbocycles. The average Bonchev–Trinajstić information content (AvgIpc) is 2.66. The maximum absolute atomic E-state index is 11.6. The van der Waals surface area contributed by atoms with E-state index in [2.05, 4.69) is 4.98 Å². The Labute approximate surface area is 148 Å². The molecule has 1 aromatic heterocycles. The molecule has 0 radical (unpaired) electrons. The van der Waals surface area contributed by atoms with Crippen LogP contribution in [-0.2, 0) is 0 Å². The highest BCUT2D eigenvalue weighted by molar-refractivity contribution is 6.07. The highest BCUT2D eigenvalue weighted by Crippen LogP contribution is 2.31. The summed E-state index contributed by atoms with van der Waals surface area (Å²) in [6.07, 6.45) is 0. The van der Waals surface area contributed by atoms with Crippen molar-refractivity contribution in [2.75, 3.05) is 0 Å². The molecule has 0 saturated heterocycles. The summed E-state index contributed by atoms with van der Waals surface area (Å²) in [5.41, 5.74) is 1.80. The second kappa shape index (κ2) is 5.97. The summed E-state index contributed by atoms with van der Waals surface area (Å²) in [7, 11) is 0. The molecule has 5 nitrogen and oxygen atoms in total. The molecule has 0 aliphatic rings. The maximum Gasteiger partial charge on any atom is 0.354 e. The Balaban J connectivity index is 2.01. The first-order valence-electron chi connectivity index (χ1n) is 7.94. The largest absolute Gasteiger partial charge is 0.478 e. The zero-order chi connectivity index (χ0) is 18.3. The van der Waals surface area contributed by atoms with E-state index in [1.54, 1.807) is 12.1 Å². The summed E-state index contributed by atoms with van der Waals surface area (Å²) >= 11 is 0. The summed E-state index contributed by atoms with van der Waals surface area (Å²) < 4.78 is 0. The van der Waals surface area contributed by atoms with Gasteiger partial charge in [0.15, 0.2) is 0 Å². The number of benzene rings is 3. The Morgan fingerprint density at radius 2 is 1.54 bits per heavy atom. The Morgan fingerprint density at radius 3 is 2.31 bits per heavy atom. The molecule has 4 aromatic rings. The minimum Gasteiger partial charge on any atom is -0.478 e. The highest BCUT2D eigenvalue weighted by atomic mass is 16.4. The fraction of sp³-hybridized carbons (Fsp3) is 0. The Hall–Kier alpha value is -3.73. The van der Waals surface area contributed by atoms with E-state index in [0.717, 1.165) is 28.0 Å². The minimum absolute atomic E-state index is 0.0745. The van der Waals surface area contributed by atoms with Crippen molar-refractivity contribution in [3.05, 3.63) is 78.0 Å². The van der Waals surface area contributed by atoms with Crippen molar-refractivity contribution in [3.8, 4) is 11.1 Å². The number of aromatic nitrogens is 1. The topological polar surface area (TPSA) is 87.5 Å². The molecular formula is C21H13NO4. The normalized spacial score (nSPS) is 10.9. The average molecular weight is 343 g/mol. The molecule has 0 atom stereocenters. The Bertz CT molecular complexity index is 1190. The van der Waals surface area contributed by atoms with Gasteiger partial charge in [0.25, 0.3) is 0 Å². The van der Waals surface area contributed by atoms with Crippen molar-refractivity contribution in [1.29, 1.82) is 0 Å². The first kappa shape index (κ1) is 15.8. The van der Waals surface area contributed by atoms with Gasteiger partial charge < -0.3 is 10.2 Å². The molecule has 0 bridgehead atoms. The Kier molecular flexibility index (Phi) is 3.62. The molecule has 126 valence electrons. The van der Waals surface area contributed by atoms with E-state index in [-0.39, 0.29) is 11.3 Å². The third-order valence-electron chi connectivity index (χ3n) is 4.36. The lowest BCUT2D eigenvalue weighted by molar-refractivity contribution is 0.0691. The van der Waals surface area contributed by atoms with Crippen molar-refractivity contribution >= 4 is 33.6 Å². The zero-order valence-electron chi connectivity index (χ0n) is 13.5. The van der Waals surface area contributed by atoms with Crippen LogP contribution in [0, 0.1) is 0 Å². The number of hydrogen-bond donors (Lipinski definition) is 2. The van der Waals surface area contributed by atoms with Crippen molar-refractivity contribution in [2.24, 2.45) is 0 Å². The number of pyridine rings is 1. The number of aromatic carboxylic acids is 2. The first-order chi connectivity index (χ1) is 12.5.